The van der Waals surface area contributed by atoms with E-state index in [9.17, 15) is 9.50 Å². The standard InChI is InChI=1S/C16H24FNO2S/c1-21-16(8-4-5-9-16)12-18-10-13(19)11-20-15-7-3-2-6-14(15)17/h2-3,6-7,13,18-19H,4-5,8-12H2,1H3. The average molecular weight is 313 g/mol. The van der Waals surface area contributed by atoms with E-state index in [0.29, 0.717) is 11.3 Å². The van der Waals surface area contributed by atoms with Gasteiger partial charge in [0.2, 0.25) is 0 Å². The Bertz CT molecular complexity index is 438. The molecular formula is C16H24FNO2S. The van der Waals surface area contributed by atoms with Crippen molar-refractivity contribution in [1.82, 2.24) is 5.32 Å². The van der Waals surface area contributed by atoms with Crippen LogP contribution in [0, 0.1) is 5.82 Å². The first-order valence-electron chi connectivity index (χ1n) is 7.46. The molecule has 1 saturated carbocycles. The van der Waals surface area contributed by atoms with Crippen molar-refractivity contribution in [3.05, 3.63) is 30.1 Å². The molecule has 0 aromatic heterocycles. The van der Waals surface area contributed by atoms with Crippen LogP contribution >= 0.6 is 11.8 Å². The summed E-state index contributed by atoms with van der Waals surface area (Å²) < 4.78 is 19.0. The molecular weight excluding hydrogens is 289 g/mol. The van der Waals surface area contributed by atoms with Gasteiger partial charge in [-0.15, -0.1) is 0 Å². The predicted octanol–water partition coefficient (Wildman–Crippen LogP) is 2.83. The summed E-state index contributed by atoms with van der Waals surface area (Å²) in [5.74, 6) is -0.210. The van der Waals surface area contributed by atoms with E-state index in [1.165, 1.54) is 31.7 Å². The van der Waals surface area contributed by atoms with E-state index in [0.717, 1.165) is 6.54 Å². The lowest BCUT2D eigenvalue weighted by atomic mass is 10.1. The van der Waals surface area contributed by atoms with Gasteiger partial charge in [-0.25, -0.2) is 4.39 Å². The minimum Gasteiger partial charge on any atom is -0.488 e. The lowest BCUT2D eigenvalue weighted by Crippen LogP contribution is -2.40. The van der Waals surface area contributed by atoms with Gasteiger partial charge in [-0.3, -0.25) is 0 Å². The first-order valence-corrected chi connectivity index (χ1v) is 8.69. The number of aliphatic hydroxyl groups excluding tert-OH is 1. The van der Waals surface area contributed by atoms with Crippen LogP contribution in [0.4, 0.5) is 4.39 Å². The van der Waals surface area contributed by atoms with Crippen LogP contribution in [0.25, 0.3) is 0 Å². The SMILES string of the molecule is CSC1(CNCC(O)COc2ccccc2F)CCCC1. The zero-order valence-electron chi connectivity index (χ0n) is 12.5. The van der Waals surface area contributed by atoms with E-state index in [-0.39, 0.29) is 12.4 Å². The molecule has 2 rings (SSSR count). The van der Waals surface area contributed by atoms with Crippen LogP contribution in [0.15, 0.2) is 24.3 Å². The number of thioether (sulfide) groups is 1. The molecule has 0 aliphatic heterocycles. The van der Waals surface area contributed by atoms with Crippen molar-refractivity contribution in [1.29, 1.82) is 0 Å². The summed E-state index contributed by atoms with van der Waals surface area (Å²) in [7, 11) is 0. The molecule has 118 valence electrons. The third-order valence-corrected chi connectivity index (χ3v) is 5.46. The minimum absolute atomic E-state index is 0.0974. The molecule has 1 fully saturated rings. The van der Waals surface area contributed by atoms with Gasteiger partial charge in [-0.1, -0.05) is 25.0 Å². The average Bonchev–Trinajstić information content (AvgIpc) is 2.96. The fraction of sp³-hybridized carbons (Fsp3) is 0.625. The van der Waals surface area contributed by atoms with Gasteiger partial charge in [0.15, 0.2) is 11.6 Å². The summed E-state index contributed by atoms with van der Waals surface area (Å²) in [4.78, 5) is 0. The number of rotatable bonds is 8. The van der Waals surface area contributed by atoms with Gasteiger partial charge >= 0.3 is 0 Å². The van der Waals surface area contributed by atoms with Crippen molar-refractivity contribution >= 4 is 11.8 Å². The number of hydrogen-bond acceptors (Lipinski definition) is 4. The third-order valence-electron chi connectivity index (χ3n) is 4.04. The van der Waals surface area contributed by atoms with Crippen molar-refractivity contribution in [3.63, 3.8) is 0 Å². The van der Waals surface area contributed by atoms with Crippen LogP contribution in [-0.2, 0) is 0 Å². The topological polar surface area (TPSA) is 41.5 Å². The highest BCUT2D eigenvalue weighted by Crippen LogP contribution is 2.39. The molecule has 1 unspecified atom stereocenters. The summed E-state index contributed by atoms with van der Waals surface area (Å²) >= 11 is 1.92. The van der Waals surface area contributed by atoms with Crippen LogP contribution in [-0.4, -0.2) is 41.9 Å². The van der Waals surface area contributed by atoms with Crippen LogP contribution in [0.3, 0.4) is 0 Å². The molecule has 1 atom stereocenters. The molecule has 0 amide bonds. The maximum Gasteiger partial charge on any atom is 0.165 e. The van der Waals surface area contributed by atoms with Crippen LogP contribution in [0.1, 0.15) is 25.7 Å². The molecule has 3 nitrogen and oxygen atoms in total. The van der Waals surface area contributed by atoms with Gasteiger partial charge < -0.3 is 15.2 Å². The molecule has 5 heteroatoms. The fourth-order valence-electron chi connectivity index (χ4n) is 2.75. The number of ether oxygens (including phenoxy) is 1. The largest absolute Gasteiger partial charge is 0.488 e. The van der Waals surface area contributed by atoms with Gasteiger partial charge in [0, 0.05) is 17.8 Å². The Morgan fingerprint density at radius 1 is 1.38 bits per heavy atom. The first kappa shape index (κ1) is 16.6. The number of para-hydroxylation sites is 1. The van der Waals surface area contributed by atoms with Gasteiger partial charge in [-0.2, -0.15) is 11.8 Å². The summed E-state index contributed by atoms with van der Waals surface area (Å²) in [5, 5.41) is 13.2. The highest BCUT2D eigenvalue weighted by molar-refractivity contribution is 8.00. The summed E-state index contributed by atoms with van der Waals surface area (Å²) in [6.07, 6.45) is 6.59. The first-order chi connectivity index (χ1) is 10.2. The van der Waals surface area contributed by atoms with E-state index in [1.54, 1.807) is 18.2 Å². The Balaban J connectivity index is 1.68. The highest BCUT2D eigenvalue weighted by atomic mass is 32.2. The van der Waals surface area contributed by atoms with Gasteiger partial charge in [0.25, 0.3) is 0 Å². The number of halogens is 1. The molecule has 2 N–H and O–H groups in total. The second-order valence-electron chi connectivity index (χ2n) is 5.62. The molecule has 0 spiro atoms. The van der Waals surface area contributed by atoms with E-state index >= 15 is 0 Å². The molecule has 1 aliphatic carbocycles. The Kier molecular flexibility index (Phi) is 6.33. The maximum atomic E-state index is 13.4. The van der Waals surface area contributed by atoms with Gasteiger partial charge in [0.1, 0.15) is 12.7 Å². The molecule has 0 heterocycles. The molecule has 0 bridgehead atoms. The predicted molar refractivity (Wildman–Crippen MR) is 85.5 cm³/mol. The second kappa shape index (κ2) is 8.01. The zero-order chi connectivity index (χ0) is 15.1. The lowest BCUT2D eigenvalue weighted by Gasteiger charge is -2.27. The molecule has 0 saturated heterocycles. The molecule has 1 aromatic rings. The Labute approximate surface area is 130 Å². The van der Waals surface area contributed by atoms with Gasteiger partial charge in [-0.05, 0) is 31.2 Å². The van der Waals surface area contributed by atoms with Crippen LogP contribution < -0.4 is 10.1 Å². The van der Waals surface area contributed by atoms with Crippen molar-refractivity contribution in [2.45, 2.75) is 36.5 Å². The fourth-order valence-corrected chi connectivity index (χ4v) is 3.69. The minimum atomic E-state index is -0.634. The summed E-state index contributed by atoms with van der Waals surface area (Å²) in [5.41, 5.74) is 0. The molecule has 0 radical (unpaired) electrons. The van der Waals surface area contributed by atoms with Crippen molar-refractivity contribution in [2.75, 3.05) is 26.0 Å². The van der Waals surface area contributed by atoms with Crippen molar-refractivity contribution < 1.29 is 14.2 Å². The van der Waals surface area contributed by atoms with Crippen molar-refractivity contribution in [3.8, 4) is 5.75 Å². The number of nitrogens with one attached hydrogen (secondary N) is 1. The Morgan fingerprint density at radius 2 is 2.10 bits per heavy atom. The van der Waals surface area contributed by atoms with Crippen LogP contribution in [0.5, 0.6) is 5.75 Å². The molecule has 21 heavy (non-hydrogen) atoms. The number of aliphatic hydroxyl groups is 1. The number of benzene rings is 1. The quantitative estimate of drug-likeness (QED) is 0.774. The summed E-state index contributed by atoms with van der Waals surface area (Å²) in [6.45, 7) is 1.47. The second-order valence-corrected chi connectivity index (χ2v) is 6.89. The maximum absolute atomic E-state index is 13.4. The smallest absolute Gasteiger partial charge is 0.165 e. The molecule has 1 aromatic carbocycles. The van der Waals surface area contributed by atoms with E-state index < -0.39 is 11.9 Å². The normalized spacial score (nSPS) is 18.6. The zero-order valence-corrected chi connectivity index (χ0v) is 13.3. The van der Waals surface area contributed by atoms with E-state index in [1.807, 2.05) is 11.8 Å². The van der Waals surface area contributed by atoms with E-state index in [4.69, 9.17) is 4.74 Å². The lowest BCUT2D eigenvalue weighted by molar-refractivity contribution is 0.104. The Hall–Kier alpha value is -0.780. The van der Waals surface area contributed by atoms with Crippen LogP contribution in [0.2, 0.25) is 0 Å². The van der Waals surface area contributed by atoms with E-state index in [2.05, 4.69) is 11.6 Å². The highest BCUT2D eigenvalue weighted by Gasteiger charge is 2.32. The monoisotopic (exact) mass is 313 g/mol. The summed E-state index contributed by atoms with van der Waals surface area (Å²) in [6, 6.07) is 6.24. The number of hydrogen-bond donors (Lipinski definition) is 2. The van der Waals surface area contributed by atoms with Gasteiger partial charge in [0.05, 0.1) is 0 Å². The van der Waals surface area contributed by atoms with Crippen molar-refractivity contribution in [2.24, 2.45) is 0 Å². The Morgan fingerprint density at radius 3 is 2.76 bits per heavy atom. The molecule has 1 aliphatic rings. The third kappa shape index (κ3) is 4.87.